The van der Waals surface area contributed by atoms with E-state index in [0.29, 0.717) is 5.69 Å². The lowest BCUT2D eigenvalue weighted by Crippen LogP contribution is -2.05. The number of nitro benzene ring substituents is 1. The fraction of sp³-hybridized carbons (Fsp3) is 0.267. The molecule has 1 aromatic carbocycles. The molecule has 0 saturated carbocycles. The first-order chi connectivity index (χ1) is 10.4. The molecule has 7 heteroatoms. The van der Waals surface area contributed by atoms with E-state index >= 15 is 0 Å². The Kier molecular flexibility index (Phi) is 4.82. The van der Waals surface area contributed by atoms with Gasteiger partial charge in [-0.1, -0.05) is 11.6 Å². The normalized spacial score (nSPS) is 10.4. The van der Waals surface area contributed by atoms with E-state index in [-0.39, 0.29) is 23.1 Å². The molecule has 0 saturated heterocycles. The summed E-state index contributed by atoms with van der Waals surface area (Å²) in [6.07, 6.45) is 1.68. The third kappa shape index (κ3) is 3.28. The Bertz CT molecular complexity index is 719. The third-order valence-electron chi connectivity index (χ3n) is 3.23. The van der Waals surface area contributed by atoms with Crippen molar-refractivity contribution < 1.29 is 14.4 Å². The maximum Gasteiger partial charge on any atom is 0.312 e. The highest BCUT2D eigenvalue weighted by atomic mass is 35.5. The molecule has 0 radical (unpaired) electrons. The zero-order valence-electron chi connectivity index (χ0n) is 12.4. The minimum atomic E-state index is -0.531. The first-order valence-corrected chi connectivity index (χ1v) is 6.87. The van der Waals surface area contributed by atoms with Crippen LogP contribution >= 0.6 is 11.6 Å². The van der Waals surface area contributed by atoms with Crippen molar-refractivity contribution in [3.05, 3.63) is 56.4 Å². The average Bonchev–Trinajstić information content (AvgIpc) is 2.48. The minimum Gasteiger partial charge on any atom is -0.496 e. The molecule has 0 amide bonds. The molecule has 0 N–H and O–H groups in total. The van der Waals surface area contributed by atoms with E-state index in [2.05, 4.69) is 4.98 Å². The first-order valence-electron chi connectivity index (χ1n) is 6.49. The lowest BCUT2D eigenvalue weighted by atomic mass is 10.1. The van der Waals surface area contributed by atoms with Crippen LogP contribution in [0.5, 0.6) is 11.5 Å². The highest BCUT2D eigenvalue weighted by Gasteiger charge is 2.17. The first kappa shape index (κ1) is 16.0. The molecule has 116 valence electrons. The smallest absolute Gasteiger partial charge is 0.312 e. The van der Waals surface area contributed by atoms with Gasteiger partial charge in [-0.05, 0) is 26.0 Å². The summed E-state index contributed by atoms with van der Waals surface area (Å²) in [6, 6.07) is 4.27. The molecule has 0 aliphatic heterocycles. The van der Waals surface area contributed by atoms with E-state index in [1.165, 1.54) is 12.1 Å². The Morgan fingerprint density at radius 1 is 1.36 bits per heavy atom. The van der Waals surface area contributed by atoms with Crippen molar-refractivity contribution in [2.75, 3.05) is 7.11 Å². The standard InChI is InChI=1S/C15H15ClN2O4/c1-9-7-17-12(10(2)15(9)21-3)8-22-14-5-4-11(16)6-13(14)18(19)20/h4-7H,8H2,1-3H3. The van der Waals surface area contributed by atoms with E-state index < -0.39 is 4.92 Å². The predicted molar refractivity (Wildman–Crippen MR) is 82.7 cm³/mol. The van der Waals surface area contributed by atoms with Gasteiger partial charge in [0.15, 0.2) is 5.75 Å². The summed E-state index contributed by atoms with van der Waals surface area (Å²) in [7, 11) is 1.59. The summed E-state index contributed by atoms with van der Waals surface area (Å²) in [5.74, 6) is 0.884. The molecule has 0 bridgehead atoms. The summed E-state index contributed by atoms with van der Waals surface area (Å²) >= 11 is 5.77. The van der Waals surface area contributed by atoms with Crippen molar-refractivity contribution in [3.8, 4) is 11.5 Å². The number of ether oxygens (including phenoxy) is 2. The Balaban J connectivity index is 2.26. The van der Waals surface area contributed by atoms with Crippen LogP contribution in [0.3, 0.4) is 0 Å². The largest absolute Gasteiger partial charge is 0.496 e. The Morgan fingerprint density at radius 3 is 2.73 bits per heavy atom. The van der Waals surface area contributed by atoms with Crippen LogP contribution in [-0.4, -0.2) is 17.0 Å². The molecular weight excluding hydrogens is 308 g/mol. The van der Waals surface area contributed by atoms with Crippen LogP contribution in [0.2, 0.25) is 5.02 Å². The summed E-state index contributed by atoms with van der Waals surface area (Å²) in [6.45, 7) is 3.87. The molecule has 0 spiro atoms. The Morgan fingerprint density at radius 2 is 2.09 bits per heavy atom. The Hall–Kier alpha value is -2.34. The highest BCUT2D eigenvalue weighted by Crippen LogP contribution is 2.31. The van der Waals surface area contributed by atoms with Crippen molar-refractivity contribution in [3.63, 3.8) is 0 Å². The zero-order chi connectivity index (χ0) is 16.3. The van der Waals surface area contributed by atoms with E-state index in [0.717, 1.165) is 16.9 Å². The second-order valence-electron chi connectivity index (χ2n) is 4.70. The SMILES string of the molecule is COc1c(C)cnc(COc2ccc(Cl)cc2[N+](=O)[O-])c1C. The molecule has 0 aliphatic rings. The van der Waals surface area contributed by atoms with Gasteiger partial charge >= 0.3 is 5.69 Å². The lowest BCUT2D eigenvalue weighted by Gasteiger charge is -2.13. The molecule has 6 nitrogen and oxygen atoms in total. The van der Waals surface area contributed by atoms with Gasteiger partial charge in [0.1, 0.15) is 12.4 Å². The van der Waals surface area contributed by atoms with E-state index in [1.807, 2.05) is 13.8 Å². The van der Waals surface area contributed by atoms with Crippen LogP contribution in [0.15, 0.2) is 24.4 Å². The number of rotatable bonds is 5. The molecule has 2 aromatic rings. The van der Waals surface area contributed by atoms with Gasteiger partial charge in [0.2, 0.25) is 0 Å². The molecule has 1 aromatic heterocycles. The van der Waals surface area contributed by atoms with Gasteiger partial charge in [-0.3, -0.25) is 15.1 Å². The number of aromatic nitrogens is 1. The number of pyridine rings is 1. The van der Waals surface area contributed by atoms with Gasteiger partial charge < -0.3 is 9.47 Å². The van der Waals surface area contributed by atoms with Gasteiger partial charge in [0.25, 0.3) is 0 Å². The fourth-order valence-corrected chi connectivity index (χ4v) is 2.28. The van der Waals surface area contributed by atoms with Crippen molar-refractivity contribution in [1.82, 2.24) is 4.98 Å². The number of hydrogen-bond acceptors (Lipinski definition) is 5. The lowest BCUT2D eigenvalue weighted by molar-refractivity contribution is -0.385. The molecule has 1 heterocycles. The van der Waals surface area contributed by atoms with E-state index in [1.54, 1.807) is 19.4 Å². The fourth-order valence-electron chi connectivity index (χ4n) is 2.12. The molecule has 0 unspecified atom stereocenters. The predicted octanol–water partition coefficient (Wildman–Crippen LogP) is 3.85. The summed E-state index contributed by atoms with van der Waals surface area (Å²) in [4.78, 5) is 14.8. The number of hydrogen-bond donors (Lipinski definition) is 0. The summed E-state index contributed by atoms with van der Waals surface area (Å²) < 4.78 is 10.9. The van der Waals surface area contributed by atoms with Gasteiger partial charge in [-0.2, -0.15) is 0 Å². The van der Waals surface area contributed by atoms with Crippen molar-refractivity contribution in [1.29, 1.82) is 0 Å². The van der Waals surface area contributed by atoms with Crippen LogP contribution in [0.25, 0.3) is 0 Å². The quantitative estimate of drug-likeness (QED) is 0.617. The zero-order valence-corrected chi connectivity index (χ0v) is 13.2. The number of nitro groups is 1. The molecule has 0 aliphatic carbocycles. The molecule has 0 fully saturated rings. The third-order valence-corrected chi connectivity index (χ3v) is 3.47. The van der Waals surface area contributed by atoms with Crippen molar-refractivity contribution in [2.24, 2.45) is 0 Å². The monoisotopic (exact) mass is 322 g/mol. The second kappa shape index (κ2) is 6.62. The maximum atomic E-state index is 11.0. The molecule has 22 heavy (non-hydrogen) atoms. The van der Waals surface area contributed by atoms with Gasteiger partial charge in [0.05, 0.1) is 17.7 Å². The molecular formula is C15H15ClN2O4. The van der Waals surface area contributed by atoms with Crippen LogP contribution in [0, 0.1) is 24.0 Å². The second-order valence-corrected chi connectivity index (χ2v) is 5.14. The summed E-state index contributed by atoms with van der Waals surface area (Å²) in [5.41, 5.74) is 2.25. The number of nitrogens with zero attached hydrogens (tertiary/aromatic N) is 2. The molecule has 2 rings (SSSR count). The molecule has 0 atom stereocenters. The van der Waals surface area contributed by atoms with Crippen LogP contribution in [0.4, 0.5) is 5.69 Å². The van der Waals surface area contributed by atoms with Crippen LogP contribution in [0.1, 0.15) is 16.8 Å². The number of halogens is 1. The number of methoxy groups -OCH3 is 1. The number of aryl methyl sites for hydroxylation is 1. The van der Waals surface area contributed by atoms with E-state index in [9.17, 15) is 10.1 Å². The maximum absolute atomic E-state index is 11.0. The van der Waals surface area contributed by atoms with Gasteiger partial charge in [-0.25, -0.2) is 0 Å². The van der Waals surface area contributed by atoms with Gasteiger partial charge in [-0.15, -0.1) is 0 Å². The average molecular weight is 323 g/mol. The Labute approximate surface area is 132 Å². The minimum absolute atomic E-state index is 0.102. The van der Waals surface area contributed by atoms with Crippen molar-refractivity contribution >= 4 is 17.3 Å². The number of benzene rings is 1. The van der Waals surface area contributed by atoms with Crippen LogP contribution in [-0.2, 0) is 6.61 Å². The summed E-state index contributed by atoms with van der Waals surface area (Å²) in [5, 5.41) is 11.3. The topological polar surface area (TPSA) is 74.5 Å². The van der Waals surface area contributed by atoms with Crippen molar-refractivity contribution in [2.45, 2.75) is 20.5 Å². The highest BCUT2D eigenvalue weighted by molar-refractivity contribution is 6.30. The van der Waals surface area contributed by atoms with Crippen LogP contribution < -0.4 is 9.47 Å². The van der Waals surface area contributed by atoms with E-state index in [4.69, 9.17) is 21.1 Å². The van der Waals surface area contributed by atoms with Gasteiger partial charge in [0, 0.05) is 28.4 Å².